The van der Waals surface area contributed by atoms with E-state index in [1.807, 2.05) is 30.8 Å². The number of hydrazine groups is 1. The zero-order chi connectivity index (χ0) is 17.7. The van der Waals surface area contributed by atoms with Crippen LogP contribution in [0.15, 0.2) is 51.8 Å². The van der Waals surface area contributed by atoms with Gasteiger partial charge in [-0.1, -0.05) is 23.8 Å². The van der Waals surface area contributed by atoms with Gasteiger partial charge in [0.25, 0.3) is 15.9 Å². The Balaban J connectivity index is 1.89. The molecular formula is C16H17BrN2O4S. The van der Waals surface area contributed by atoms with Crippen LogP contribution in [-0.2, 0) is 14.8 Å². The van der Waals surface area contributed by atoms with E-state index in [-0.39, 0.29) is 11.5 Å². The molecule has 0 saturated heterocycles. The van der Waals surface area contributed by atoms with Crippen LogP contribution >= 0.6 is 15.9 Å². The minimum absolute atomic E-state index is 0.0654. The summed E-state index contributed by atoms with van der Waals surface area (Å²) in [7, 11) is -3.82. The van der Waals surface area contributed by atoms with Crippen molar-refractivity contribution < 1.29 is 17.9 Å². The molecule has 2 N–H and O–H groups in total. The van der Waals surface area contributed by atoms with Crippen LogP contribution in [0.1, 0.15) is 11.1 Å². The number of amides is 1. The molecule has 0 saturated carbocycles. The molecule has 0 radical (unpaired) electrons. The van der Waals surface area contributed by atoms with Crippen LogP contribution in [0.2, 0.25) is 0 Å². The van der Waals surface area contributed by atoms with E-state index in [0.717, 1.165) is 15.6 Å². The van der Waals surface area contributed by atoms with Gasteiger partial charge in [0.2, 0.25) is 0 Å². The predicted octanol–water partition coefficient (Wildman–Crippen LogP) is 2.45. The molecule has 0 aromatic heterocycles. The number of carbonyl (C=O) groups excluding carboxylic acids is 1. The van der Waals surface area contributed by atoms with Crippen molar-refractivity contribution in [2.45, 2.75) is 18.7 Å². The highest BCUT2D eigenvalue weighted by atomic mass is 79.9. The van der Waals surface area contributed by atoms with Gasteiger partial charge < -0.3 is 4.74 Å². The first-order chi connectivity index (χ1) is 11.3. The predicted molar refractivity (Wildman–Crippen MR) is 94.0 cm³/mol. The van der Waals surface area contributed by atoms with Crippen LogP contribution in [-0.4, -0.2) is 20.9 Å². The number of sulfonamides is 1. The number of rotatable bonds is 6. The third kappa shape index (κ3) is 5.05. The molecule has 2 aromatic rings. The fraction of sp³-hybridized carbons (Fsp3) is 0.188. The average Bonchev–Trinajstić information content (AvgIpc) is 2.52. The topological polar surface area (TPSA) is 84.5 Å². The van der Waals surface area contributed by atoms with Gasteiger partial charge in [-0.3, -0.25) is 10.2 Å². The molecule has 0 aliphatic rings. The summed E-state index contributed by atoms with van der Waals surface area (Å²) in [4.78, 5) is 13.8. The number of hydrogen-bond acceptors (Lipinski definition) is 4. The maximum atomic E-state index is 12.0. The van der Waals surface area contributed by atoms with Crippen molar-refractivity contribution in [1.29, 1.82) is 0 Å². The van der Waals surface area contributed by atoms with Crippen molar-refractivity contribution >= 4 is 31.9 Å². The Morgan fingerprint density at radius 2 is 1.71 bits per heavy atom. The van der Waals surface area contributed by atoms with Crippen molar-refractivity contribution in [1.82, 2.24) is 10.3 Å². The van der Waals surface area contributed by atoms with E-state index in [0.29, 0.717) is 5.75 Å². The Kier molecular flexibility index (Phi) is 5.98. The SMILES string of the molecule is Cc1ccc(S(=O)(=O)NNC(=O)COc2ccc(C)cc2Br)cc1. The van der Waals surface area contributed by atoms with Crippen LogP contribution < -0.4 is 15.0 Å². The van der Waals surface area contributed by atoms with E-state index < -0.39 is 15.9 Å². The van der Waals surface area contributed by atoms with E-state index in [9.17, 15) is 13.2 Å². The van der Waals surface area contributed by atoms with Gasteiger partial charge in [-0.25, -0.2) is 8.42 Å². The van der Waals surface area contributed by atoms with Gasteiger partial charge in [-0.05, 0) is 59.6 Å². The second kappa shape index (κ2) is 7.78. The lowest BCUT2D eigenvalue weighted by molar-refractivity contribution is -0.123. The number of carbonyl (C=O) groups is 1. The van der Waals surface area contributed by atoms with Crippen molar-refractivity contribution in [2.75, 3.05) is 6.61 Å². The monoisotopic (exact) mass is 412 g/mol. The Morgan fingerprint density at radius 1 is 1.08 bits per heavy atom. The molecule has 128 valence electrons. The summed E-state index contributed by atoms with van der Waals surface area (Å²) < 4.78 is 30.1. The fourth-order valence-electron chi connectivity index (χ4n) is 1.80. The minimum Gasteiger partial charge on any atom is -0.483 e. The summed E-state index contributed by atoms with van der Waals surface area (Å²) >= 11 is 3.34. The molecule has 24 heavy (non-hydrogen) atoms. The summed E-state index contributed by atoms with van der Waals surface area (Å²) in [6, 6.07) is 11.7. The Hall–Kier alpha value is -1.90. The number of aryl methyl sites for hydroxylation is 2. The van der Waals surface area contributed by atoms with Gasteiger partial charge in [0.05, 0.1) is 9.37 Å². The molecule has 2 aromatic carbocycles. The standard InChI is InChI=1S/C16H17BrN2O4S/c1-11-3-6-13(7-4-11)24(21,22)19-18-16(20)10-23-15-8-5-12(2)9-14(15)17/h3-9,19H,10H2,1-2H3,(H,18,20). The first kappa shape index (κ1) is 18.4. The smallest absolute Gasteiger partial charge is 0.272 e. The largest absolute Gasteiger partial charge is 0.483 e. The highest BCUT2D eigenvalue weighted by Gasteiger charge is 2.15. The van der Waals surface area contributed by atoms with Crippen molar-refractivity contribution in [3.05, 3.63) is 58.1 Å². The van der Waals surface area contributed by atoms with Gasteiger partial charge in [-0.15, -0.1) is 4.83 Å². The van der Waals surface area contributed by atoms with Crippen LogP contribution in [0.25, 0.3) is 0 Å². The molecule has 8 heteroatoms. The van der Waals surface area contributed by atoms with Gasteiger partial charge in [0.1, 0.15) is 5.75 Å². The molecule has 0 aliphatic carbocycles. The second-order valence-corrected chi connectivity index (χ2v) is 7.73. The number of benzene rings is 2. The van der Waals surface area contributed by atoms with Crippen LogP contribution in [0.3, 0.4) is 0 Å². The third-order valence-corrected chi connectivity index (χ3v) is 4.99. The molecule has 0 spiro atoms. The maximum absolute atomic E-state index is 12.0. The summed E-state index contributed by atoms with van der Waals surface area (Å²) in [6.07, 6.45) is 0. The number of hydrogen-bond donors (Lipinski definition) is 2. The highest BCUT2D eigenvalue weighted by molar-refractivity contribution is 9.10. The molecule has 0 atom stereocenters. The first-order valence-electron chi connectivity index (χ1n) is 7.04. The lowest BCUT2D eigenvalue weighted by Crippen LogP contribution is -2.43. The molecule has 0 unspecified atom stereocenters. The van der Waals surface area contributed by atoms with Gasteiger partial charge in [-0.2, -0.15) is 0 Å². The Labute approximate surface area is 149 Å². The number of nitrogens with one attached hydrogen (secondary N) is 2. The summed E-state index contributed by atoms with van der Waals surface area (Å²) in [5.74, 6) is -0.115. The van der Waals surface area contributed by atoms with E-state index in [4.69, 9.17) is 4.74 Å². The summed E-state index contributed by atoms with van der Waals surface area (Å²) in [5, 5.41) is 0. The van der Waals surface area contributed by atoms with E-state index in [1.54, 1.807) is 18.2 Å². The van der Waals surface area contributed by atoms with Crippen molar-refractivity contribution in [2.24, 2.45) is 0 Å². The molecule has 0 fully saturated rings. The zero-order valence-electron chi connectivity index (χ0n) is 13.2. The molecule has 6 nitrogen and oxygen atoms in total. The number of ether oxygens (including phenoxy) is 1. The highest BCUT2D eigenvalue weighted by Crippen LogP contribution is 2.25. The molecule has 2 rings (SSSR count). The number of halogens is 1. The normalized spacial score (nSPS) is 11.1. The van der Waals surface area contributed by atoms with Crippen molar-refractivity contribution in [3.63, 3.8) is 0 Å². The van der Waals surface area contributed by atoms with E-state index in [2.05, 4.69) is 21.4 Å². The molecule has 1 amide bonds. The fourth-order valence-corrected chi connectivity index (χ4v) is 3.27. The second-order valence-electron chi connectivity index (χ2n) is 5.19. The summed E-state index contributed by atoms with van der Waals surface area (Å²) in [5.41, 5.74) is 4.11. The van der Waals surface area contributed by atoms with Crippen LogP contribution in [0.4, 0.5) is 0 Å². The first-order valence-corrected chi connectivity index (χ1v) is 9.32. The molecule has 0 heterocycles. The quantitative estimate of drug-likeness (QED) is 0.713. The van der Waals surface area contributed by atoms with Gasteiger partial charge in [0.15, 0.2) is 6.61 Å². The zero-order valence-corrected chi connectivity index (χ0v) is 15.6. The average molecular weight is 413 g/mol. The molecular weight excluding hydrogens is 396 g/mol. The molecule has 0 bridgehead atoms. The Morgan fingerprint density at radius 3 is 2.33 bits per heavy atom. The molecule has 0 aliphatic heterocycles. The maximum Gasteiger partial charge on any atom is 0.272 e. The van der Waals surface area contributed by atoms with E-state index >= 15 is 0 Å². The Bertz CT molecular complexity index is 836. The van der Waals surface area contributed by atoms with Crippen LogP contribution in [0.5, 0.6) is 5.75 Å². The third-order valence-electron chi connectivity index (χ3n) is 3.10. The van der Waals surface area contributed by atoms with Crippen LogP contribution in [0, 0.1) is 13.8 Å². The lowest BCUT2D eigenvalue weighted by Gasteiger charge is -2.11. The van der Waals surface area contributed by atoms with Gasteiger partial charge in [0, 0.05) is 0 Å². The lowest BCUT2D eigenvalue weighted by atomic mass is 10.2. The van der Waals surface area contributed by atoms with E-state index in [1.165, 1.54) is 12.1 Å². The van der Waals surface area contributed by atoms with Crippen molar-refractivity contribution in [3.8, 4) is 5.75 Å². The minimum atomic E-state index is -3.82. The summed E-state index contributed by atoms with van der Waals surface area (Å²) in [6.45, 7) is 3.46. The van der Waals surface area contributed by atoms with Gasteiger partial charge >= 0.3 is 0 Å².